The van der Waals surface area contributed by atoms with Gasteiger partial charge in [-0.3, -0.25) is 4.79 Å². The van der Waals surface area contributed by atoms with Gasteiger partial charge in [-0.25, -0.2) is 4.98 Å². The van der Waals surface area contributed by atoms with Crippen LogP contribution < -0.4 is 0 Å². The first-order valence-electron chi connectivity index (χ1n) is 5.34. The zero-order valence-corrected chi connectivity index (χ0v) is 10.9. The van der Waals surface area contributed by atoms with E-state index in [0.29, 0.717) is 5.69 Å². The number of amides is 1. The number of carbonyl (C=O) groups excluding carboxylic acids is 1. The topological polar surface area (TPSA) is 33.2 Å². The molecule has 0 saturated carbocycles. The van der Waals surface area contributed by atoms with Gasteiger partial charge in [0.15, 0.2) is 0 Å². The smallest absolute Gasteiger partial charge is 0.273 e. The van der Waals surface area contributed by atoms with Crippen molar-refractivity contribution in [2.75, 3.05) is 14.1 Å². The van der Waals surface area contributed by atoms with Gasteiger partial charge >= 0.3 is 0 Å². The molecule has 1 aromatic carbocycles. The molecule has 1 aromatic heterocycles. The molecule has 0 aliphatic heterocycles. The number of aromatic nitrogens is 1. The lowest BCUT2D eigenvalue weighted by Gasteiger charge is -2.09. The van der Waals surface area contributed by atoms with Gasteiger partial charge in [0.1, 0.15) is 5.69 Å². The zero-order valence-electron chi connectivity index (χ0n) is 10.1. The highest BCUT2D eigenvalue weighted by Gasteiger charge is 2.19. The van der Waals surface area contributed by atoms with E-state index in [1.165, 1.54) is 0 Å². The van der Waals surface area contributed by atoms with Crippen molar-refractivity contribution in [2.45, 2.75) is 6.92 Å². The zero-order chi connectivity index (χ0) is 12.4. The average molecular weight is 246 g/mol. The number of aryl methyl sites for hydroxylation is 1. The van der Waals surface area contributed by atoms with E-state index in [2.05, 4.69) is 4.98 Å². The summed E-state index contributed by atoms with van der Waals surface area (Å²) in [5.41, 5.74) is 1.59. The maximum absolute atomic E-state index is 12.0. The molecule has 0 N–H and O–H groups in total. The predicted molar refractivity (Wildman–Crippen MR) is 70.3 cm³/mol. The molecule has 88 valence electrons. The normalized spacial score (nSPS) is 10.3. The summed E-state index contributed by atoms with van der Waals surface area (Å²) < 4.78 is 0. The number of carbonyl (C=O) groups is 1. The summed E-state index contributed by atoms with van der Waals surface area (Å²) in [6.45, 7) is 1.92. The lowest BCUT2D eigenvalue weighted by Crippen LogP contribution is -2.22. The van der Waals surface area contributed by atoms with Crippen LogP contribution in [0, 0.1) is 6.92 Å². The minimum absolute atomic E-state index is 0.0480. The molecule has 3 nitrogen and oxygen atoms in total. The number of rotatable bonds is 2. The summed E-state index contributed by atoms with van der Waals surface area (Å²) in [4.78, 5) is 18.9. The number of hydrogen-bond donors (Lipinski definition) is 0. The third-order valence-corrected chi connectivity index (χ3v) is 3.40. The van der Waals surface area contributed by atoms with Crippen LogP contribution >= 0.6 is 11.3 Å². The summed E-state index contributed by atoms with van der Waals surface area (Å²) >= 11 is 1.55. The Morgan fingerprint density at radius 2 is 1.88 bits per heavy atom. The van der Waals surface area contributed by atoms with Crippen molar-refractivity contribution in [2.24, 2.45) is 0 Å². The van der Waals surface area contributed by atoms with Crippen LogP contribution in [0.2, 0.25) is 0 Å². The Labute approximate surface area is 105 Å². The van der Waals surface area contributed by atoms with E-state index in [0.717, 1.165) is 15.4 Å². The fourth-order valence-corrected chi connectivity index (χ4v) is 2.48. The van der Waals surface area contributed by atoms with Crippen molar-refractivity contribution in [1.29, 1.82) is 0 Å². The summed E-state index contributed by atoms with van der Waals surface area (Å²) in [5, 5.41) is 0.911. The fourth-order valence-electron chi connectivity index (χ4n) is 1.57. The van der Waals surface area contributed by atoms with Crippen molar-refractivity contribution >= 4 is 17.2 Å². The molecule has 0 unspecified atom stereocenters. The Balaban J connectivity index is 2.52. The molecule has 17 heavy (non-hydrogen) atoms. The van der Waals surface area contributed by atoms with Crippen LogP contribution in [-0.2, 0) is 0 Å². The SMILES string of the molecule is Cc1nc(C(=O)N(C)C)c(-c2ccccc2)s1. The van der Waals surface area contributed by atoms with Gasteiger partial charge in [-0.2, -0.15) is 0 Å². The van der Waals surface area contributed by atoms with Crippen LogP contribution in [0.15, 0.2) is 30.3 Å². The van der Waals surface area contributed by atoms with Gasteiger partial charge in [0.2, 0.25) is 0 Å². The molecule has 0 aliphatic rings. The quantitative estimate of drug-likeness (QED) is 0.816. The molecular weight excluding hydrogens is 232 g/mol. The van der Waals surface area contributed by atoms with Crippen molar-refractivity contribution in [3.8, 4) is 10.4 Å². The Hall–Kier alpha value is -1.68. The molecule has 0 fully saturated rings. The Morgan fingerprint density at radius 1 is 1.24 bits per heavy atom. The fraction of sp³-hybridized carbons (Fsp3) is 0.231. The molecule has 0 atom stereocenters. The maximum atomic E-state index is 12.0. The predicted octanol–water partition coefficient (Wildman–Crippen LogP) is 2.82. The van der Waals surface area contributed by atoms with Crippen LogP contribution in [0.25, 0.3) is 10.4 Å². The number of thiazole rings is 1. The Morgan fingerprint density at radius 3 is 2.47 bits per heavy atom. The maximum Gasteiger partial charge on any atom is 0.273 e. The second kappa shape index (κ2) is 4.67. The van der Waals surface area contributed by atoms with Gasteiger partial charge in [0.05, 0.1) is 9.88 Å². The molecule has 4 heteroatoms. The average Bonchev–Trinajstić information content (AvgIpc) is 2.71. The molecule has 1 amide bonds. The third-order valence-electron chi connectivity index (χ3n) is 2.38. The van der Waals surface area contributed by atoms with Crippen LogP contribution in [0.3, 0.4) is 0 Å². The number of benzene rings is 1. The van der Waals surface area contributed by atoms with Gasteiger partial charge in [-0.15, -0.1) is 11.3 Å². The second-order valence-corrected chi connectivity index (χ2v) is 5.18. The van der Waals surface area contributed by atoms with E-state index in [4.69, 9.17) is 0 Å². The van der Waals surface area contributed by atoms with E-state index in [1.807, 2.05) is 37.3 Å². The third kappa shape index (κ3) is 2.36. The highest BCUT2D eigenvalue weighted by atomic mass is 32.1. The summed E-state index contributed by atoms with van der Waals surface area (Å²) in [6, 6.07) is 9.90. The van der Waals surface area contributed by atoms with Crippen LogP contribution in [0.5, 0.6) is 0 Å². The van der Waals surface area contributed by atoms with E-state index in [-0.39, 0.29) is 5.91 Å². The standard InChI is InChI=1S/C13H14N2OS/c1-9-14-11(13(16)15(2)3)12(17-9)10-7-5-4-6-8-10/h4-8H,1-3H3. The monoisotopic (exact) mass is 246 g/mol. The highest BCUT2D eigenvalue weighted by Crippen LogP contribution is 2.30. The van der Waals surface area contributed by atoms with Crippen molar-refractivity contribution in [1.82, 2.24) is 9.88 Å². The van der Waals surface area contributed by atoms with Gasteiger partial charge in [-0.05, 0) is 12.5 Å². The molecule has 2 aromatic rings. The number of hydrogen-bond acceptors (Lipinski definition) is 3. The van der Waals surface area contributed by atoms with Gasteiger partial charge in [-0.1, -0.05) is 30.3 Å². The lowest BCUT2D eigenvalue weighted by molar-refractivity contribution is 0.0823. The highest BCUT2D eigenvalue weighted by molar-refractivity contribution is 7.15. The molecule has 0 bridgehead atoms. The summed E-state index contributed by atoms with van der Waals surface area (Å²) in [5.74, 6) is -0.0480. The summed E-state index contributed by atoms with van der Waals surface area (Å²) in [7, 11) is 3.48. The minimum atomic E-state index is -0.0480. The van der Waals surface area contributed by atoms with Gasteiger partial charge in [0.25, 0.3) is 5.91 Å². The van der Waals surface area contributed by atoms with E-state index in [9.17, 15) is 4.79 Å². The van der Waals surface area contributed by atoms with E-state index in [1.54, 1.807) is 30.3 Å². The molecular formula is C13H14N2OS. The first-order valence-corrected chi connectivity index (χ1v) is 6.15. The lowest BCUT2D eigenvalue weighted by atomic mass is 10.1. The van der Waals surface area contributed by atoms with Gasteiger partial charge in [0, 0.05) is 14.1 Å². The van der Waals surface area contributed by atoms with Crippen LogP contribution in [0.4, 0.5) is 0 Å². The van der Waals surface area contributed by atoms with Crippen LogP contribution in [-0.4, -0.2) is 29.9 Å². The molecule has 1 heterocycles. The molecule has 0 aliphatic carbocycles. The van der Waals surface area contributed by atoms with Crippen molar-refractivity contribution in [3.63, 3.8) is 0 Å². The largest absolute Gasteiger partial charge is 0.343 e. The molecule has 0 saturated heterocycles. The molecule has 0 radical (unpaired) electrons. The first kappa shape index (κ1) is 11.8. The second-order valence-electron chi connectivity index (χ2n) is 3.98. The minimum Gasteiger partial charge on any atom is -0.343 e. The summed E-state index contributed by atoms with van der Waals surface area (Å²) in [6.07, 6.45) is 0. The van der Waals surface area contributed by atoms with E-state index < -0.39 is 0 Å². The van der Waals surface area contributed by atoms with Crippen molar-refractivity contribution < 1.29 is 4.79 Å². The van der Waals surface area contributed by atoms with Crippen LogP contribution in [0.1, 0.15) is 15.5 Å². The Bertz CT molecular complexity index is 532. The van der Waals surface area contributed by atoms with Gasteiger partial charge < -0.3 is 4.90 Å². The molecule has 0 spiro atoms. The first-order chi connectivity index (χ1) is 8.09. The Kier molecular flexibility index (Phi) is 3.24. The molecule has 2 rings (SSSR count). The van der Waals surface area contributed by atoms with Crippen molar-refractivity contribution in [3.05, 3.63) is 41.0 Å². The number of nitrogens with zero attached hydrogens (tertiary/aromatic N) is 2. The van der Waals surface area contributed by atoms with E-state index >= 15 is 0 Å².